The Morgan fingerprint density at radius 1 is 1.06 bits per heavy atom. The summed E-state index contributed by atoms with van der Waals surface area (Å²) < 4.78 is 6.12. The van der Waals surface area contributed by atoms with E-state index in [1.807, 2.05) is 70.2 Å². The van der Waals surface area contributed by atoms with Crippen LogP contribution in [0.25, 0.3) is 0 Å². The minimum Gasteiger partial charge on any atom is -0.487 e. The van der Waals surface area contributed by atoms with E-state index in [1.165, 1.54) is 0 Å². The number of nitrogens with zero attached hydrogens (tertiary/aromatic N) is 1. The van der Waals surface area contributed by atoms with Crippen LogP contribution in [0.1, 0.15) is 99.9 Å². The van der Waals surface area contributed by atoms with Crippen LogP contribution >= 0.6 is 0 Å². The van der Waals surface area contributed by atoms with Gasteiger partial charge in [0.1, 0.15) is 11.4 Å². The first-order valence-electron chi connectivity index (χ1n) is 12.7. The highest BCUT2D eigenvalue weighted by atomic mass is 16.5. The Labute approximate surface area is 213 Å². The number of hydrogen-bond donors (Lipinski definition) is 3. The highest BCUT2D eigenvalue weighted by Gasteiger charge is 2.46. The summed E-state index contributed by atoms with van der Waals surface area (Å²) in [5, 5.41) is 15.0. The lowest BCUT2D eigenvalue weighted by Gasteiger charge is -2.41. The minimum atomic E-state index is -0.447. The first kappa shape index (κ1) is 24.3. The Bertz CT molecular complexity index is 1240. The molecule has 3 aliphatic rings. The second-order valence-corrected chi connectivity index (χ2v) is 12.3. The van der Waals surface area contributed by atoms with Crippen LogP contribution in [-0.2, 0) is 10.2 Å². The summed E-state index contributed by atoms with van der Waals surface area (Å²) in [7, 11) is 0. The van der Waals surface area contributed by atoms with Gasteiger partial charge < -0.3 is 15.4 Å². The van der Waals surface area contributed by atoms with Gasteiger partial charge in [0.25, 0.3) is 5.91 Å². The molecule has 2 atom stereocenters. The van der Waals surface area contributed by atoms with Gasteiger partial charge in [0, 0.05) is 29.5 Å². The highest BCUT2D eigenvalue weighted by molar-refractivity contribution is 6.00. The lowest BCUT2D eigenvalue weighted by Crippen LogP contribution is -2.60. The lowest BCUT2D eigenvalue weighted by molar-refractivity contribution is -0.132. The van der Waals surface area contributed by atoms with Crippen LogP contribution in [0.4, 0.5) is 0 Å². The smallest absolute Gasteiger partial charge is 0.251 e. The molecule has 7 nitrogen and oxygen atoms in total. The van der Waals surface area contributed by atoms with Gasteiger partial charge in [-0.25, -0.2) is 0 Å². The average Bonchev–Trinajstić information content (AvgIpc) is 3.01. The predicted octanol–water partition coefficient (Wildman–Crippen LogP) is 4.98. The van der Waals surface area contributed by atoms with E-state index in [4.69, 9.17) is 10.1 Å². The molecule has 2 aliphatic heterocycles. The third-order valence-corrected chi connectivity index (χ3v) is 7.66. The van der Waals surface area contributed by atoms with E-state index in [1.54, 1.807) is 4.90 Å². The molecule has 0 radical (unpaired) electrons. The maximum Gasteiger partial charge on any atom is 0.251 e. The molecule has 0 bridgehead atoms. The van der Waals surface area contributed by atoms with Gasteiger partial charge in [-0.1, -0.05) is 38.1 Å². The Morgan fingerprint density at radius 2 is 1.78 bits per heavy atom. The van der Waals surface area contributed by atoms with Crippen molar-refractivity contribution in [3.63, 3.8) is 0 Å². The molecule has 0 spiro atoms. The molecule has 3 N–H and O–H groups in total. The maximum atomic E-state index is 13.5. The van der Waals surface area contributed by atoms with Crippen molar-refractivity contribution in [2.45, 2.75) is 89.4 Å². The molecule has 0 aromatic heterocycles. The van der Waals surface area contributed by atoms with Crippen molar-refractivity contribution in [1.82, 2.24) is 15.5 Å². The standard InChI is InChI=1S/C29H36N4O3/c1-27(2)15-22(33-24(34)16-28(3,4)32-26(33)30)19-13-17(11-12-20(19)27)25(35)31-21-14-29(5,6)36-23-10-8-7-9-18(21)23/h7-13,21-22H,14-16H2,1-6H3,(H2,30,32)(H,31,35). The molecule has 190 valence electrons. The van der Waals surface area contributed by atoms with Crippen LogP contribution in [0.5, 0.6) is 5.75 Å². The van der Waals surface area contributed by atoms with Crippen molar-refractivity contribution in [3.8, 4) is 5.75 Å². The zero-order valence-corrected chi connectivity index (χ0v) is 22.0. The normalized spacial score (nSPS) is 25.3. The van der Waals surface area contributed by atoms with Gasteiger partial charge in [0.2, 0.25) is 5.91 Å². The molecule has 36 heavy (non-hydrogen) atoms. The molecular weight excluding hydrogens is 452 g/mol. The van der Waals surface area contributed by atoms with E-state index >= 15 is 0 Å². The summed E-state index contributed by atoms with van der Waals surface area (Å²) in [5.74, 6) is 0.708. The van der Waals surface area contributed by atoms with Crippen LogP contribution in [0.2, 0.25) is 0 Å². The molecule has 2 unspecified atom stereocenters. The molecule has 1 aliphatic carbocycles. The summed E-state index contributed by atoms with van der Waals surface area (Å²) >= 11 is 0. The third kappa shape index (κ3) is 4.25. The van der Waals surface area contributed by atoms with E-state index in [2.05, 4.69) is 24.5 Å². The summed E-state index contributed by atoms with van der Waals surface area (Å²) in [5.41, 5.74) is 2.58. The van der Waals surface area contributed by atoms with Gasteiger partial charge in [0.15, 0.2) is 5.96 Å². The fourth-order valence-corrected chi connectivity index (χ4v) is 6.04. The fraction of sp³-hybridized carbons (Fsp3) is 0.483. The van der Waals surface area contributed by atoms with Crippen molar-refractivity contribution in [2.24, 2.45) is 0 Å². The average molecular weight is 489 g/mol. The molecular formula is C29H36N4O3. The van der Waals surface area contributed by atoms with Gasteiger partial charge >= 0.3 is 0 Å². The van der Waals surface area contributed by atoms with E-state index < -0.39 is 11.1 Å². The van der Waals surface area contributed by atoms with Crippen molar-refractivity contribution in [2.75, 3.05) is 0 Å². The van der Waals surface area contributed by atoms with Gasteiger partial charge in [-0.05, 0) is 68.9 Å². The van der Waals surface area contributed by atoms with Crippen molar-refractivity contribution < 1.29 is 14.3 Å². The second-order valence-electron chi connectivity index (χ2n) is 12.3. The number of nitrogens with one attached hydrogen (secondary N) is 3. The van der Waals surface area contributed by atoms with E-state index in [0.29, 0.717) is 24.8 Å². The van der Waals surface area contributed by atoms with Gasteiger partial charge in [-0.15, -0.1) is 0 Å². The molecule has 2 heterocycles. The predicted molar refractivity (Wildman–Crippen MR) is 139 cm³/mol. The Hall–Kier alpha value is -3.35. The number of hydrogen-bond acceptors (Lipinski definition) is 4. The zero-order valence-electron chi connectivity index (χ0n) is 22.0. The van der Waals surface area contributed by atoms with E-state index in [-0.39, 0.29) is 35.3 Å². The number of para-hydroxylation sites is 1. The third-order valence-electron chi connectivity index (χ3n) is 7.66. The molecule has 0 saturated carbocycles. The number of carbonyl (C=O) groups excluding carboxylic acids is 2. The molecule has 1 fully saturated rings. The minimum absolute atomic E-state index is 0.0618. The number of carbonyl (C=O) groups is 2. The molecule has 7 heteroatoms. The van der Waals surface area contributed by atoms with Crippen molar-refractivity contribution in [1.29, 1.82) is 5.41 Å². The van der Waals surface area contributed by atoms with Crippen LogP contribution in [0.15, 0.2) is 42.5 Å². The van der Waals surface area contributed by atoms with Crippen LogP contribution < -0.4 is 15.4 Å². The Morgan fingerprint density at radius 3 is 2.50 bits per heavy atom. The van der Waals surface area contributed by atoms with Gasteiger partial charge in [-0.3, -0.25) is 19.9 Å². The quantitative estimate of drug-likeness (QED) is 0.568. The van der Waals surface area contributed by atoms with Crippen molar-refractivity contribution >= 4 is 17.8 Å². The monoisotopic (exact) mass is 488 g/mol. The molecule has 1 saturated heterocycles. The summed E-state index contributed by atoms with van der Waals surface area (Å²) in [4.78, 5) is 28.2. The molecule has 5 rings (SSSR count). The Kier molecular flexibility index (Phi) is 5.47. The number of benzene rings is 2. The van der Waals surface area contributed by atoms with Crippen molar-refractivity contribution in [3.05, 3.63) is 64.7 Å². The highest BCUT2D eigenvalue weighted by Crippen LogP contribution is 2.48. The number of rotatable bonds is 3. The number of guanidine groups is 1. The summed E-state index contributed by atoms with van der Waals surface area (Å²) in [6.45, 7) is 12.2. The van der Waals surface area contributed by atoms with Crippen LogP contribution in [0.3, 0.4) is 0 Å². The maximum absolute atomic E-state index is 13.5. The summed E-state index contributed by atoms with van der Waals surface area (Å²) in [6, 6.07) is 13.2. The lowest BCUT2D eigenvalue weighted by atomic mass is 9.86. The number of amides is 2. The van der Waals surface area contributed by atoms with E-state index in [0.717, 1.165) is 22.4 Å². The van der Waals surface area contributed by atoms with Gasteiger partial charge in [0.05, 0.1) is 12.1 Å². The number of ether oxygens (including phenoxy) is 1. The SMILES string of the molecule is CC1(C)CC(=O)N(C2CC(C)(C)c3ccc(C(=O)NC4CC(C)(C)Oc5ccccc54)cc32)C(=N)N1. The topological polar surface area (TPSA) is 94.5 Å². The summed E-state index contributed by atoms with van der Waals surface area (Å²) in [6.07, 6.45) is 1.68. The second kappa shape index (κ2) is 8.08. The van der Waals surface area contributed by atoms with Crippen LogP contribution in [0, 0.1) is 5.41 Å². The molecule has 2 aromatic carbocycles. The first-order valence-corrected chi connectivity index (χ1v) is 12.7. The van der Waals surface area contributed by atoms with E-state index in [9.17, 15) is 9.59 Å². The zero-order chi connectivity index (χ0) is 26.0. The number of fused-ring (bicyclic) bond motifs is 2. The van der Waals surface area contributed by atoms with Crippen LogP contribution in [-0.4, -0.2) is 33.8 Å². The first-order chi connectivity index (χ1) is 16.8. The largest absolute Gasteiger partial charge is 0.487 e. The molecule has 2 aromatic rings. The Balaban J connectivity index is 1.45. The molecule has 2 amide bonds. The van der Waals surface area contributed by atoms with Gasteiger partial charge in [-0.2, -0.15) is 0 Å². The fourth-order valence-electron chi connectivity index (χ4n) is 6.04.